The normalized spacial score (nSPS) is 29.5. The van der Waals surface area contributed by atoms with E-state index in [1.165, 1.54) is 47.0 Å². The van der Waals surface area contributed by atoms with Gasteiger partial charge in [0.1, 0.15) is 47.8 Å². The number of hydrogen-bond donors (Lipinski definition) is 4. The van der Waals surface area contributed by atoms with Crippen LogP contribution >= 0.6 is 11.8 Å². The van der Waals surface area contributed by atoms with Gasteiger partial charge in [-0.3, -0.25) is 33.6 Å². The molecule has 390 valence electrons. The third-order valence-electron chi connectivity index (χ3n) is 15.2. The van der Waals surface area contributed by atoms with Crippen molar-refractivity contribution in [3.05, 3.63) is 89.7 Å². The highest BCUT2D eigenvalue weighted by atomic mass is 32.2. The smallest absolute Gasteiger partial charge is 0.333 e. The van der Waals surface area contributed by atoms with E-state index < -0.39 is 101 Å². The maximum Gasteiger partial charge on any atom is 0.333 e. The first-order valence-corrected chi connectivity index (χ1v) is 26.4. The SMILES string of the molecule is CCC1NC(=O)[C@@H](NC(=O)c2ncccc2O)[C@@H](C)OC(=O)[C@H](c2ccccc2)NC(=O)[C@@H]2CC(=O)[C@H](CS[C@@H]3CN4CCC3CC4)CN2C(=O)[C@H](Cc2ccc(N(C)C)cc2)N(C)C(=O)[C@H]2CCCN2C1=O. The average molecular weight is 1020 g/mol. The molecule has 2 aromatic carbocycles. The van der Waals surface area contributed by atoms with Crippen molar-refractivity contribution in [2.75, 3.05) is 64.5 Å². The second kappa shape index (κ2) is 23.1. The van der Waals surface area contributed by atoms with E-state index in [9.17, 15) is 29.1 Å². The highest BCUT2D eigenvalue weighted by molar-refractivity contribution is 8.00. The van der Waals surface area contributed by atoms with E-state index >= 15 is 14.4 Å². The summed E-state index contributed by atoms with van der Waals surface area (Å²) in [5.41, 5.74) is 1.49. The number of cyclic esters (lactones) is 1. The van der Waals surface area contributed by atoms with E-state index in [0.29, 0.717) is 23.3 Å². The zero-order valence-electron chi connectivity index (χ0n) is 42.1. The number of carbonyl (C=O) groups excluding carboxylic acids is 8. The molecule has 1 aromatic heterocycles. The lowest BCUT2D eigenvalue weighted by Gasteiger charge is -2.45. The highest BCUT2D eigenvalue weighted by Gasteiger charge is 2.48. The molecule has 1 unspecified atom stereocenters. The Morgan fingerprint density at radius 1 is 0.849 bits per heavy atom. The fourth-order valence-corrected chi connectivity index (χ4v) is 12.4. The van der Waals surface area contributed by atoms with Crippen molar-refractivity contribution in [3.63, 3.8) is 0 Å². The van der Waals surface area contributed by atoms with Crippen LogP contribution < -0.4 is 20.9 Å². The number of nitrogens with zero attached hydrogens (tertiary/aromatic N) is 6. The summed E-state index contributed by atoms with van der Waals surface area (Å²) in [4.78, 5) is 130. The zero-order valence-corrected chi connectivity index (χ0v) is 42.9. The lowest BCUT2D eigenvalue weighted by atomic mass is 9.88. The number of ketones is 1. The Hall–Kier alpha value is -6.54. The molecule has 73 heavy (non-hydrogen) atoms. The second-order valence-corrected chi connectivity index (χ2v) is 21.4. The highest BCUT2D eigenvalue weighted by Crippen LogP contribution is 2.37. The molecule has 6 aliphatic heterocycles. The molecule has 0 aliphatic carbocycles. The van der Waals surface area contributed by atoms with Crippen LogP contribution in [0.1, 0.15) is 80.0 Å². The van der Waals surface area contributed by atoms with Gasteiger partial charge in [0.05, 0.1) is 0 Å². The van der Waals surface area contributed by atoms with Crippen LogP contribution in [0.15, 0.2) is 72.9 Å². The van der Waals surface area contributed by atoms with Gasteiger partial charge in [0, 0.05) is 82.4 Å². The number of rotatable bonds is 10. The first kappa shape index (κ1) is 52.8. The minimum absolute atomic E-state index is 0.0289. The van der Waals surface area contributed by atoms with Gasteiger partial charge in [-0.2, -0.15) is 11.8 Å². The van der Waals surface area contributed by atoms with Crippen molar-refractivity contribution in [1.29, 1.82) is 0 Å². The van der Waals surface area contributed by atoms with Crippen LogP contribution in [0.3, 0.4) is 0 Å². The van der Waals surface area contributed by atoms with Crippen LogP contribution in [-0.4, -0.2) is 178 Å². The molecule has 2 bridgehead atoms. The summed E-state index contributed by atoms with van der Waals surface area (Å²) in [7, 11) is 5.33. The van der Waals surface area contributed by atoms with E-state index in [0.717, 1.165) is 43.7 Å². The number of aromatic hydroxyl groups is 1. The molecule has 9 atom stereocenters. The molecule has 6 fully saturated rings. The number of carbonyl (C=O) groups is 8. The van der Waals surface area contributed by atoms with Crippen molar-refractivity contribution >= 4 is 64.6 Å². The lowest BCUT2D eigenvalue weighted by molar-refractivity contribution is -0.157. The van der Waals surface area contributed by atoms with Crippen LogP contribution in [-0.2, 0) is 44.7 Å². The molecular weight excluding hydrogens is 955 g/mol. The van der Waals surface area contributed by atoms with Crippen molar-refractivity contribution in [3.8, 4) is 5.75 Å². The van der Waals surface area contributed by atoms with Gasteiger partial charge in [0.2, 0.25) is 29.5 Å². The van der Waals surface area contributed by atoms with Gasteiger partial charge < -0.3 is 50.3 Å². The Balaban J connectivity index is 1.19. The number of amides is 6. The van der Waals surface area contributed by atoms with E-state index in [-0.39, 0.29) is 50.1 Å². The molecule has 0 spiro atoms. The molecule has 6 saturated heterocycles. The topological polar surface area (TPSA) is 231 Å². The van der Waals surface area contributed by atoms with Gasteiger partial charge in [0.25, 0.3) is 5.91 Å². The summed E-state index contributed by atoms with van der Waals surface area (Å²) >= 11 is 1.73. The molecule has 6 amide bonds. The number of pyridine rings is 1. The summed E-state index contributed by atoms with van der Waals surface area (Å²) < 4.78 is 5.97. The lowest BCUT2D eigenvalue weighted by Crippen LogP contribution is -2.63. The summed E-state index contributed by atoms with van der Waals surface area (Å²) in [6.45, 7) is 6.11. The number of fused-ring (bicyclic) bond motifs is 5. The molecule has 7 heterocycles. The Bertz CT molecular complexity index is 2540. The minimum atomic E-state index is -1.69. The number of piperidine rings is 4. The number of ether oxygens (including phenoxy) is 1. The van der Waals surface area contributed by atoms with E-state index in [1.54, 1.807) is 49.0 Å². The predicted octanol–water partition coefficient (Wildman–Crippen LogP) is 2.32. The standard InChI is InChI=1S/C53H67N9O10S/c1-6-37-50(68)61-23-11-14-38(61)51(69)59(5)40(26-32-16-18-36(19-17-32)58(3)4)52(70)62-28-35(30-73-43-29-60-24-20-33(43)21-25-60)42(64)27-39(62)47(65)57-45(34-12-8-7-9-13-34)53(71)72-31(2)44(48(66)55-37)56-49(67)46-41(63)15-10-22-54-46/h7-10,12-13,15-19,22,31,33,35,37-40,43-45,63H,6,11,14,20-21,23-30H2,1-5H3,(H,55,66)(H,56,67)(H,57,65)/t31-,35+,37?,38-,39+,40+,43-,44+,45+/m1/s1. The molecular formula is C53H67N9O10S. The van der Waals surface area contributed by atoms with Crippen molar-refractivity contribution in [2.24, 2.45) is 11.8 Å². The number of hydrogen-bond acceptors (Lipinski definition) is 14. The Morgan fingerprint density at radius 3 is 2.23 bits per heavy atom. The van der Waals surface area contributed by atoms with Crippen LogP contribution in [0.4, 0.5) is 5.69 Å². The summed E-state index contributed by atoms with van der Waals surface area (Å²) in [6, 6.07) is 10.3. The fraction of sp³-hybridized carbons (Fsp3) is 0.528. The number of thioether (sulfide) groups is 1. The quantitative estimate of drug-likeness (QED) is 0.214. The number of esters is 1. The predicted molar refractivity (Wildman–Crippen MR) is 272 cm³/mol. The third kappa shape index (κ3) is 11.8. The van der Waals surface area contributed by atoms with Crippen molar-refractivity contribution < 1.29 is 48.2 Å². The number of aromatic nitrogens is 1. The number of nitrogens with one attached hydrogen (secondary N) is 3. The van der Waals surface area contributed by atoms with Gasteiger partial charge in [-0.15, -0.1) is 0 Å². The summed E-state index contributed by atoms with van der Waals surface area (Å²) in [5.74, 6) is -5.83. The molecule has 19 nitrogen and oxygen atoms in total. The van der Waals surface area contributed by atoms with Crippen molar-refractivity contribution in [2.45, 2.75) is 106 Å². The molecule has 0 radical (unpaired) electrons. The molecule has 4 N–H and O–H groups in total. The van der Waals surface area contributed by atoms with Crippen LogP contribution in [0.25, 0.3) is 0 Å². The molecule has 6 aliphatic rings. The van der Waals surface area contributed by atoms with Gasteiger partial charge in [-0.25, -0.2) is 9.78 Å². The monoisotopic (exact) mass is 1020 g/mol. The number of anilines is 1. The Morgan fingerprint density at radius 2 is 1.58 bits per heavy atom. The Labute approximate surface area is 430 Å². The fourth-order valence-electron chi connectivity index (χ4n) is 10.8. The van der Waals surface area contributed by atoms with Crippen LogP contribution in [0, 0.1) is 11.8 Å². The minimum Gasteiger partial charge on any atom is -0.505 e. The van der Waals surface area contributed by atoms with Gasteiger partial charge >= 0.3 is 5.97 Å². The molecule has 9 rings (SSSR count). The first-order valence-electron chi connectivity index (χ1n) is 25.3. The van der Waals surface area contributed by atoms with E-state index in [4.69, 9.17) is 4.74 Å². The summed E-state index contributed by atoms with van der Waals surface area (Å²) in [5, 5.41) is 18.8. The first-order chi connectivity index (χ1) is 35.0. The second-order valence-electron chi connectivity index (χ2n) is 20.1. The van der Waals surface area contributed by atoms with Crippen molar-refractivity contribution in [1.82, 2.24) is 40.5 Å². The molecule has 20 heteroatoms. The van der Waals surface area contributed by atoms with Crippen LogP contribution in [0.2, 0.25) is 0 Å². The van der Waals surface area contributed by atoms with E-state index in [2.05, 4.69) is 25.8 Å². The number of benzene rings is 2. The van der Waals surface area contributed by atoms with Gasteiger partial charge in [0.15, 0.2) is 11.7 Å². The number of likely N-dealkylation sites (N-methyl/N-ethyl adjacent to an activating group) is 1. The zero-order chi connectivity index (χ0) is 52.1. The van der Waals surface area contributed by atoms with Gasteiger partial charge in [-0.1, -0.05) is 49.4 Å². The average Bonchev–Trinajstić information content (AvgIpc) is 3.89. The van der Waals surface area contributed by atoms with Crippen LogP contribution in [0.5, 0.6) is 5.75 Å². The molecule has 3 aromatic rings. The van der Waals surface area contributed by atoms with E-state index in [1.807, 2.05) is 43.3 Å². The summed E-state index contributed by atoms with van der Waals surface area (Å²) in [6.07, 6.45) is 2.40. The largest absolute Gasteiger partial charge is 0.505 e. The maximum atomic E-state index is 15.7. The maximum absolute atomic E-state index is 15.7. The Kier molecular flexibility index (Phi) is 16.7. The molecule has 0 saturated carbocycles. The van der Waals surface area contributed by atoms with Gasteiger partial charge in [-0.05, 0) is 93.4 Å². The third-order valence-corrected chi connectivity index (χ3v) is 16.7. The number of Topliss-reactive ketones (excluding diaryl/α,β-unsaturated/α-hetero) is 1.